The normalized spacial score (nSPS) is 10.8. The van der Waals surface area contributed by atoms with Gasteiger partial charge in [0, 0.05) is 11.1 Å². The summed E-state index contributed by atoms with van der Waals surface area (Å²) in [6, 6.07) is 23.4. The molecule has 0 aliphatic rings. The summed E-state index contributed by atoms with van der Waals surface area (Å²) in [5, 5.41) is 13.9. The van der Waals surface area contributed by atoms with E-state index in [1.807, 2.05) is 47.1 Å². The molecule has 4 aromatic rings. The number of rotatable bonds is 7. The molecule has 0 aliphatic carbocycles. The average Bonchev–Trinajstić information content (AvgIpc) is 3.17. The van der Waals surface area contributed by atoms with Gasteiger partial charge in [-0.1, -0.05) is 48.5 Å². The third-order valence-electron chi connectivity index (χ3n) is 4.97. The monoisotopic (exact) mass is 416 g/mol. The van der Waals surface area contributed by atoms with E-state index in [0.29, 0.717) is 34.7 Å². The number of benzene rings is 3. The van der Waals surface area contributed by atoms with E-state index in [-0.39, 0.29) is 12.2 Å². The summed E-state index contributed by atoms with van der Waals surface area (Å²) in [6.07, 6.45) is -0.0987. The lowest BCUT2D eigenvalue weighted by Gasteiger charge is -2.09. The lowest BCUT2D eigenvalue weighted by Crippen LogP contribution is -2.04. The molecule has 3 aromatic carbocycles. The Kier molecular flexibility index (Phi) is 5.80. The van der Waals surface area contributed by atoms with E-state index in [9.17, 15) is 9.18 Å². The summed E-state index contributed by atoms with van der Waals surface area (Å²) in [6.45, 7) is 0.504. The largest absolute Gasteiger partial charge is 0.496 e. The minimum Gasteiger partial charge on any atom is -0.496 e. The average molecular weight is 416 g/mol. The molecule has 31 heavy (non-hydrogen) atoms. The predicted molar refractivity (Wildman–Crippen MR) is 116 cm³/mol. The number of carbonyl (C=O) groups is 1. The maximum Gasteiger partial charge on any atom is 0.307 e. The second-order valence-electron chi connectivity index (χ2n) is 7.17. The first-order chi connectivity index (χ1) is 15.0. The van der Waals surface area contributed by atoms with Gasteiger partial charge in [-0.05, 0) is 41.5 Å². The first-order valence-electron chi connectivity index (χ1n) is 9.80. The molecule has 1 N–H and O–H groups in total. The van der Waals surface area contributed by atoms with E-state index in [1.54, 1.807) is 31.4 Å². The Labute approximate surface area is 179 Å². The smallest absolute Gasteiger partial charge is 0.307 e. The van der Waals surface area contributed by atoms with Gasteiger partial charge in [-0.25, -0.2) is 4.39 Å². The van der Waals surface area contributed by atoms with Crippen LogP contribution in [0.5, 0.6) is 5.75 Å². The highest BCUT2D eigenvalue weighted by molar-refractivity contribution is 5.76. The van der Waals surface area contributed by atoms with Crippen LogP contribution in [0.15, 0.2) is 78.9 Å². The van der Waals surface area contributed by atoms with Gasteiger partial charge in [0.05, 0.1) is 31.5 Å². The van der Waals surface area contributed by atoms with Gasteiger partial charge in [0.25, 0.3) is 0 Å². The van der Waals surface area contributed by atoms with Crippen molar-refractivity contribution in [2.75, 3.05) is 7.11 Å². The van der Waals surface area contributed by atoms with Gasteiger partial charge in [-0.2, -0.15) is 5.10 Å². The predicted octanol–water partition coefficient (Wildman–Crippen LogP) is 5.04. The molecule has 0 bridgehead atoms. The Hall–Kier alpha value is -3.93. The second kappa shape index (κ2) is 8.83. The third kappa shape index (κ3) is 4.64. The van der Waals surface area contributed by atoms with Crippen LogP contribution in [0.4, 0.5) is 4.39 Å². The summed E-state index contributed by atoms with van der Waals surface area (Å²) < 4.78 is 21.2. The number of hydrogen-bond donors (Lipinski definition) is 1. The highest BCUT2D eigenvalue weighted by Crippen LogP contribution is 2.33. The Morgan fingerprint density at radius 3 is 2.52 bits per heavy atom. The Balaban J connectivity index is 1.84. The highest BCUT2D eigenvalue weighted by atomic mass is 19.1. The molecule has 0 saturated heterocycles. The number of ether oxygens (including phenoxy) is 1. The minimum absolute atomic E-state index is 0.0987. The Bertz CT molecular complexity index is 1220. The fourth-order valence-corrected chi connectivity index (χ4v) is 3.55. The van der Waals surface area contributed by atoms with Crippen molar-refractivity contribution in [2.24, 2.45) is 0 Å². The highest BCUT2D eigenvalue weighted by Gasteiger charge is 2.17. The molecule has 0 atom stereocenters. The molecular weight excluding hydrogens is 395 g/mol. The molecular formula is C25H21FN2O3. The van der Waals surface area contributed by atoms with Crippen molar-refractivity contribution in [3.05, 3.63) is 95.8 Å². The Morgan fingerprint density at radius 2 is 1.81 bits per heavy atom. The standard InChI is InChI=1S/C25H21FN2O3/c1-31-24-11-10-18(13-25(29)30)12-21(24)22-15-23(19-8-5-9-20(26)14-19)28(27-22)16-17-6-3-2-4-7-17/h2-12,14-15H,13,16H2,1H3,(H,29,30). The maximum atomic E-state index is 13.9. The number of carboxylic acid groups (broad SMARTS) is 1. The molecule has 5 nitrogen and oxygen atoms in total. The van der Waals surface area contributed by atoms with Crippen LogP contribution in [0.2, 0.25) is 0 Å². The Morgan fingerprint density at radius 1 is 1.00 bits per heavy atom. The summed E-state index contributed by atoms with van der Waals surface area (Å²) >= 11 is 0. The molecule has 4 rings (SSSR count). The van der Waals surface area contributed by atoms with E-state index >= 15 is 0 Å². The van der Waals surface area contributed by atoms with Crippen LogP contribution in [-0.2, 0) is 17.8 Å². The number of methoxy groups -OCH3 is 1. The van der Waals surface area contributed by atoms with Crippen molar-refractivity contribution in [3.63, 3.8) is 0 Å². The second-order valence-corrected chi connectivity index (χ2v) is 7.17. The van der Waals surface area contributed by atoms with Gasteiger partial charge in [0.2, 0.25) is 0 Å². The van der Waals surface area contributed by atoms with E-state index in [4.69, 9.17) is 14.9 Å². The van der Waals surface area contributed by atoms with Crippen molar-refractivity contribution >= 4 is 5.97 Å². The summed E-state index contributed by atoms with van der Waals surface area (Å²) in [7, 11) is 1.56. The molecule has 156 valence electrons. The minimum atomic E-state index is -0.911. The van der Waals surface area contributed by atoms with Crippen LogP contribution >= 0.6 is 0 Å². The van der Waals surface area contributed by atoms with E-state index in [1.165, 1.54) is 12.1 Å². The number of halogens is 1. The molecule has 1 heterocycles. The van der Waals surface area contributed by atoms with Crippen LogP contribution in [0.3, 0.4) is 0 Å². The number of aliphatic carboxylic acids is 1. The molecule has 0 unspecified atom stereocenters. The number of hydrogen-bond acceptors (Lipinski definition) is 3. The summed E-state index contributed by atoms with van der Waals surface area (Å²) in [4.78, 5) is 11.2. The van der Waals surface area contributed by atoms with E-state index in [2.05, 4.69) is 0 Å². The molecule has 0 spiro atoms. The summed E-state index contributed by atoms with van der Waals surface area (Å²) in [5.41, 5.74) is 4.47. The number of nitrogens with zero attached hydrogens (tertiary/aromatic N) is 2. The van der Waals surface area contributed by atoms with Gasteiger partial charge in [0.1, 0.15) is 11.6 Å². The fourth-order valence-electron chi connectivity index (χ4n) is 3.55. The van der Waals surface area contributed by atoms with E-state index in [0.717, 1.165) is 11.3 Å². The molecule has 6 heteroatoms. The SMILES string of the molecule is COc1ccc(CC(=O)O)cc1-c1cc(-c2cccc(F)c2)n(Cc2ccccc2)n1. The zero-order valence-corrected chi connectivity index (χ0v) is 17.0. The van der Waals surface area contributed by atoms with Gasteiger partial charge in [0.15, 0.2) is 0 Å². The third-order valence-corrected chi connectivity index (χ3v) is 4.97. The van der Waals surface area contributed by atoms with Crippen molar-refractivity contribution in [2.45, 2.75) is 13.0 Å². The van der Waals surface area contributed by atoms with Crippen LogP contribution < -0.4 is 4.74 Å². The fraction of sp³-hybridized carbons (Fsp3) is 0.120. The van der Waals surface area contributed by atoms with Crippen LogP contribution in [0.25, 0.3) is 22.5 Å². The van der Waals surface area contributed by atoms with Gasteiger partial charge < -0.3 is 9.84 Å². The lowest BCUT2D eigenvalue weighted by molar-refractivity contribution is -0.136. The van der Waals surface area contributed by atoms with Crippen molar-refractivity contribution in [3.8, 4) is 28.3 Å². The number of aromatic nitrogens is 2. The molecule has 0 amide bonds. The van der Waals surface area contributed by atoms with Crippen LogP contribution in [0, 0.1) is 5.82 Å². The lowest BCUT2D eigenvalue weighted by atomic mass is 10.0. The van der Waals surface area contributed by atoms with Crippen LogP contribution in [0.1, 0.15) is 11.1 Å². The number of carboxylic acids is 1. The zero-order valence-electron chi connectivity index (χ0n) is 17.0. The van der Waals surface area contributed by atoms with Gasteiger partial charge in [-0.15, -0.1) is 0 Å². The first-order valence-corrected chi connectivity index (χ1v) is 9.80. The zero-order chi connectivity index (χ0) is 21.8. The molecule has 1 aromatic heterocycles. The topological polar surface area (TPSA) is 64.3 Å². The van der Waals surface area contributed by atoms with Gasteiger partial charge in [-0.3, -0.25) is 9.48 Å². The van der Waals surface area contributed by atoms with Crippen LogP contribution in [-0.4, -0.2) is 28.0 Å². The first kappa shape index (κ1) is 20.3. The summed E-state index contributed by atoms with van der Waals surface area (Å²) in [5.74, 6) is -0.650. The van der Waals surface area contributed by atoms with E-state index < -0.39 is 5.97 Å². The molecule has 0 aliphatic heterocycles. The van der Waals surface area contributed by atoms with Crippen molar-refractivity contribution < 1.29 is 19.0 Å². The van der Waals surface area contributed by atoms with Crippen molar-refractivity contribution in [1.29, 1.82) is 0 Å². The quantitative estimate of drug-likeness (QED) is 0.458. The molecule has 0 radical (unpaired) electrons. The van der Waals surface area contributed by atoms with Crippen molar-refractivity contribution in [1.82, 2.24) is 9.78 Å². The molecule has 0 saturated carbocycles. The molecule has 0 fully saturated rings. The maximum absolute atomic E-state index is 13.9. The van der Waals surface area contributed by atoms with Gasteiger partial charge >= 0.3 is 5.97 Å².